The van der Waals surface area contributed by atoms with E-state index in [9.17, 15) is 9.36 Å². The van der Waals surface area contributed by atoms with Gasteiger partial charge in [0.1, 0.15) is 6.54 Å². The number of rotatable bonds is 6. The van der Waals surface area contributed by atoms with Crippen LogP contribution in [0.1, 0.15) is 13.8 Å². The van der Waals surface area contributed by atoms with E-state index in [0.717, 1.165) is 11.0 Å². The molecule has 0 aromatic rings. The lowest BCUT2D eigenvalue weighted by molar-refractivity contribution is -0.870. The molecular weight excluding hydrogens is 239 g/mol. The number of hydrogen-bond donors (Lipinski definition) is 1. The van der Waals surface area contributed by atoms with Crippen LogP contribution in [0.3, 0.4) is 0 Å². The van der Waals surface area contributed by atoms with E-state index in [1.807, 2.05) is 6.92 Å². The van der Waals surface area contributed by atoms with E-state index in [0.29, 0.717) is 18.3 Å². The molecule has 1 unspecified atom stereocenters. The highest BCUT2D eigenvalue weighted by Crippen LogP contribution is 2.20. The van der Waals surface area contributed by atoms with Crippen molar-refractivity contribution in [3.8, 4) is 0 Å². The van der Waals surface area contributed by atoms with Crippen molar-refractivity contribution in [3.63, 3.8) is 0 Å². The van der Waals surface area contributed by atoms with Crippen molar-refractivity contribution in [2.75, 3.05) is 40.5 Å². The second-order valence-electron chi connectivity index (χ2n) is 4.64. The summed E-state index contributed by atoms with van der Waals surface area (Å²) < 4.78 is 16.7. The van der Waals surface area contributed by atoms with Gasteiger partial charge in [-0.1, -0.05) is 6.58 Å². The molecule has 1 atom stereocenters. The second kappa shape index (κ2) is 9.28. The molecule has 0 heterocycles. The maximum absolute atomic E-state index is 10.8. The van der Waals surface area contributed by atoms with Crippen LogP contribution in [-0.2, 0) is 13.9 Å². The largest absolute Gasteiger partial charge is 0.507 e. The van der Waals surface area contributed by atoms with Gasteiger partial charge in [0.25, 0.3) is 0 Å². The zero-order chi connectivity index (χ0) is 14.1. The van der Waals surface area contributed by atoms with Crippen molar-refractivity contribution in [1.82, 2.24) is 0 Å². The molecule has 0 aliphatic rings. The van der Waals surface area contributed by atoms with E-state index in [-0.39, 0.29) is 0 Å². The van der Waals surface area contributed by atoms with E-state index >= 15 is 0 Å². The summed E-state index contributed by atoms with van der Waals surface area (Å²) in [6.07, 6.45) is 0.618. The maximum atomic E-state index is 10.8. The normalized spacial score (nSPS) is 11.2. The molecule has 0 bridgehead atoms. The molecule has 0 aliphatic carbocycles. The Labute approximate surface area is 105 Å². The number of quaternary nitrogens is 1. The number of carbonyl (C=O) groups excluding carboxylic acids is 1. The highest BCUT2D eigenvalue weighted by Gasteiger charge is 2.15. The first-order valence-electron chi connectivity index (χ1n) is 5.43. The minimum Gasteiger partial charge on any atom is -0.366 e. The highest BCUT2D eigenvalue weighted by atomic mass is 31.1. The Bertz CT molecular complexity index is 260. The van der Waals surface area contributed by atoms with Crippen molar-refractivity contribution < 1.29 is 18.4 Å². The number of likely N-dealkylation sites (N-methyl/N-ethyl adjacent to an activating group) is 1. The summed E-state index contributed by atoms with van der Waals surface area (Å²) in [6.45, 7) is 8.21. The van der Waals surface area contributed by atoms with Crippen molar-refractivity contribution in [2.45, 2.75) is 13.8 Å². The molecule has 0 aliphatic heterocycles. The molecule has 5 nitrogen and oxygen atoms in total. The van der Waals surface area contributed by atoms with Crippen molar-refractivity contribution >= 4 is 13.9 Å². The Morgan fingerprint density at radius 3 is 2.06 bits per heavy atom. The Hall–Kier alpha value is -0.770. The Balaban J connectivity index is 0. The van der Waals surface area contributed by atoms with E-state index < -0.39 is 13.9 Å². The molecule has 1 amide bonds. The van der Waals surface area contributed by atoms with Crippen LogP contribution >= 0.6 is 8.03 Å². The third-order valence-electron chi connectivity index (χ3n) is 1.68. The van der Waals surface area contributed by atoms with Crippen LogP contribution in [0, 0.1) is 0 Å². The molecule has 100 valence electrons. The number of hydrogen-bond acceptors (Lipinski definition) is 3. The van der Waals surface area contributed by atoms with Crippen molar-refractivity contribution in [3.05, 3.63) is 12.2 Å². The molecule has 0 spiro atoms. The number of carbonyl (C=O) groups is 1. The number of amides is 1. The van der Waals surface area contributed by atoms with Crippen LogP contribution in [0.2, 0.25) is 0 Å². The first-order valence-corrected chi connectivity index (χ1v) is 6.79. The Morgan fingerprint density at radius 1 is 1.41 bits per heavy atom. The third-order valence-corrected chi connectivity index (χ3v) is 2.66. The average Bonchev–Trinajstić information content (AvgIpc) is 2.16. The molecule has 0 saturated carbocycles. The second-order valence-corrected chi connectivity index (χ2v) is 6.20. The summed E-state index contributed by atoms with van der Waals surface area (Å²) in [5.41, 5.74) is 5.09. The van der Waals surface area contributed by atoms with Crippen LogP contribution in [0.5, 0.6) is 0 Å². The minimum atomic E-state index is -1.39. The van der Waals surface area contributed by atoms with Crippen molar-refractivity contribution in [1.29, 1.82) is 0 Å². The summed E-state index contributed by atoms with van der Waals surface area (Å²) in [6, 6.07) is 0. The molecule has 2 N–H and O–H groups in total. The quantitative estimate of drug-likeness (QED) is 0.449. The molecule has 0 rings (SSSR count). The summed E-state index contributed by atoms with van der Waals surface area (Å²) in [5, 5.41) is 0. The van der Waals surface area contributed by atoms with Gasteiger partial charge in [-0.3, -0.25) is 4.79 Å². The zero-order valence-corrected chi connectivity index (χ0v) is 12.4. The fourth-order valence-electron chi connectivity index (χ4n) is 0.508. The van der Waals surface area contributed by atoms with Gasteiger partial charge >= 0.3 is 8.03 Å². The van der Waals surface area contributed by atoms with Gasteiger partial charge in [0.15, 0.2) is 12.8 Å². The van der Waals surface area contributed by atoms with Gasteiger partial charge in [-0.25, -0.2) is 0 Å². The lowest BCUT2D eigenvalue weighted by Crippen LogP contribution is -2.37. The fourth-order valence-corrected chi connectivity index (χ4v) is 0.976. The molecule has 0 aromatic carbocycles. The number of nitrogens with zero attached hydrogens (tertiary/aromatic N) is 1. The monoisotopic (exact) mass is 264 g/mol. The lowest BCUT2D eigenvalue weighted by atomic mass is 10.3. The predicted molar refractivity (Wildman–Crippen MR) is 71.0 cm³/mol. The van der Waals surface area contributed by atoms with Crippen LogP contribution in [0.4, 0.5) is 0 Å². The van der Waals surface area contributed by atoms with Crippen LogP contribution in [0.15, 0.2) is 12.2 Å². The first kappa shape index (κ1) is 18.6. The average molecular weight is 264 g/mol. The zero-order valence-electron chi connectivity index (χ0n) is 11.5. The van der Waals surface area contributed by atoms with Gasteiger partial charge in [-0.15, -0.1) is 4.52 Å². The first-order chi connectivity index (χ1) is 7.60. The van der Waals surface area contributed by atoms with Gasteiger partial charge in [-0.2, -0.15) is 0 Å². The van der Waals surface area contributed by atoms with Gasteiger partial charge in [-0.05, 0) is 18.4 Å². The van der Waals surface area contributed by atoms with E-state index in [4.69, 9.17) is 10.3 Å². The lowest BCUT2D eigenvalue weighted by Gasteiger charge is -2.21. The highest BCUT2D eigenvalue weighted by molar-refractivity contribution is 7.39. The van der Waals surface area contributed by atoms with Gasteiger partial charge in [0.2, 0.25) is 5.91 Å². The van der Waals surface area contributed by atoms with Gasteiger partial charge in [0, 0.05) is 5.57 Å². The van der Waals surface area contributed by atoms with Crippen molar-refractivity contribution in [2.24, 2.45) is 5.73 Å². The summed E-state index contributed by atoms with van der Waals surface area (Å²) >= 11 is 0. The molecule has 0 radical (unpaired) electrons. The minimum absolute atomic E-state index is 0.398. The smallest absolute Gasteiger partial charge is 0.366 e. The van der Waals surface area contributed by atoms with E-state index in [2.05, 4.69) is 27.7 Å². The molecule has 6 heteroatoms. The van der Waals surface area contributed by atoms with Gasteiger partial charge in [0.05, 0.1) is 21.1 Å². The Morgan fingerprint density at radius 2 is 1.82 bits per heavy atom. The standard InChI is InChI=1S/C7H18NO2P.C4H7NO/c1-5-11(9)10-7-6-8(2,3)4;1-3(2)4(5)6/h5-7H2,1-4H3;1H2,2H3,(H2,5,6)/q+2;. The van der Waals surface area contributed by atoms with Crippen LogP contribution in [-0.4, -0.2) is 50.8 Å². The third kappa shape index (κ3) is 17.8. The maximum Gasteiger partial charge on any atom is 0.507 e. The predicted octanol–water partition coefficient (Wildman–Crippen LogP) is 1.52. The van der Waals surface area contributed by atoms with E-state index in [1.165, 1.54) is 0 Å². The summed E-state index contributed by atoms with van der Waals surface area (Å²) in [7, 11) is 4.87. The Kier molecular flexibility index (Phi) is 10.1. The fraction of sp³-hybridized carbons (Fsp3) is 0.727. The molecule has 0 aromatic heterocycles. The van der Waals surface area contributed by atoms with Crippen LogP contribution in [0.25, 0.3) is 0 Å². The molecule has 0 fully saturated rings. The molecule has 17 heavy (non-hydrogen) atoms. The topological polar surface area (TPSA) is 69.4 Å². The summed E-state index contributed by atoms with van der Waals surface area (Å²) in [5.74, 6) is -0.435. The van der Waals surface area contributed by atoms with E-state index in [1.54, 1.807) is 6.92 Å². The molecule has 0 saturated heterocycles. The molecular formula is C11H25N2O3P+2. The SMILES string of the molecule is C=C(C)C(N)=O.CC[P+](=O)OCC[N+](C)(C)C. The summed E-state index contributed by atoms with van der Waals surface area (Å²) in [4.78, 5) is 9.82. The van der Waals surface area contributed by atoms with Crippen LogP contribution < -0.4 is 5.73 Å². The number of primary amides is 1. The number of nitrogens with two attached hydrogens (primary N) is 1. The van der Waals surface area contributed by atoms with Gasteiger partial charge < -0.3 is 10.2 Å².